The number of aryl methyl sites for hydroxylation is 1. The predicted molar refractivity (Wildman–Crippen MR) is 68.2 cm³/mol. The van der Waals surface area contributed by atoms with Gasteiger partial charge >= 0.3 is 0 Å². The number of nitrogens with one attached hydrogen (secondary N) is 1. The summed E-state index contributed by atoms with van der Waals surface area (Å²) in [7, 11) is 1.74. The van der Waals surface area contributed by atoms with Crippen LogP contribution in [-0.2, 0) is 7.05 Å². The Morgan fingerprint density at radius 2 is 2.25 bits per heavy atom. The van der Waals surface area contributed by atoms with E-state index in [-0.39, 0.29) is 5.56 Å². The largest absolute Gasteiger partial charge is 0.385 e. The van der Waals surface area contributed by atoms with E-state index in [1.165, 1.54) is 0 Å². The standard InChI is InChI=1S/C13H20N2O/c1-10(2)7-8-14-11(3)12-6-5-9-15(4)13(12)16/h5-6,9-10,14H,3,7-8H2,1-2,4H3. The van der Waals surface area contributed by atoms with E-state index in [0.29, 0.717) is 17.2 Å². The summed E-state index contributed by atoms with van der Waals surface area (Å²) in [6.07, 6.45) is 2.82. The van der Waals surface area contributed by atoms with E-state index in [1.807, 2.05) is 6.07 Å². The molecule has 0 amide bonds. The van der Waals surface area contributed by atoms with E-state index in [2.05, 4.69) is 25.7 Å². The molecule has 1 rings (SSSR count). The highest BCUT2D eigenvalue weighted by Gasteiger charge is 2.04. The van der Waals surface area contributed by atoms with E-state index >= 15 is 0 Å². The smallest absolute Gasteiger partial charge is 0.259 e. The van der Waals surface area contributed by atoms with Gasteiger partial charge in [-0.1, -0.05) is 20.4 Å². The highest BCUT2D eigenvalue weighted by Crippen LogP contribution is 2.04. The van der Waals surface area contributed by atoms with Crippen molar-refractivity contribution in [2.45, 2.75) is 20.3 Å². The van der Waals surface area contributed by atoms with Crippen LogP contribution in [0.1, 0.15) is 25.8 Å². The van der Waals surface area contributed by atoms with Crippen molar-refractivity contribution in [2.75, 3.05) is 6.54 Å². The third-order valence-electron chi connectivity index (χ3n) is 2.51. The number of nitrogens with zero attached hydrogens (tertiary/aromatic N) is 1. The molecule has 3 nitrogen and oxygen atoms in total. The van der Waals surface area contributed by atoms with E-state index in [4.69, 9.17) is 0 Å². The topological polar surface area (TPSA) is 34.0 Å². The Morgan fingerprint density at radius 3 is 2.88 bits per heavy atom. The van der Waals surface area contributed by atoms with Crippen molar-refractivity contribution in [3.05, 3.63) is 40.8 Å². The summed E-state index contributed by atoms with van der Waals surface area (Å²) < 4.78 is 1.56. The molecule has 0 aliphatic heterocycles. The first-order valence-electron chi connectivity index (χ1n) is 5.61. The molecule has 0 saturated carbocycles. The normalized spacial score (nSPS) is 10.5. The van der Waals surface area contributed by atoms with Gasteiger partial charge in [0.2, 0.25) is 0 Å². The van der Waals surface area contributed by atoms with Crippen molar-refractivity contribution >= 4 is 5.70 Å². The predicted octanol–water partition coefficient (Wildman–Crippen LogP) is 1.99. The molecule has 0 bridgehead atoms. The van der Waals surface area contributed by atoms with Crippen LogP contribution in [0.25, 0.3) is 5.70 Å². The SMILES string of the molecule is C=C(NCCC(C)C)c1cccn(C)c1=O. The van der Waals surface area contributed by atoms with Gasteiger partial charge in [0, 0.05) is 25.5 Å². The Balaban J connectivity index is 2.67. The second-order valence-corrected chi connectivity index (χ2v) is 4.43. The van der Waals surface area contributed by atoms with Gasteiger partial charge in [-0.05, 0) is 24.5 Å². The minimum atomic E-state index is -0.00968. The second kappa shape index (κ2) is 5.54. The summed E-state index contributed by atoms with van der Waals surface area (Å²) in [6.45, 7) is 9.10. The van der Waals surface area contributed by atoms with Gasteiger partial charge in [-0.3, -0.25) is 4.79 Å². The van der Waals surface area contributed by atoms with Gasteiger partial charge in [0.1, 0.15) is 0 Å². The third-order valence-corrected chi connectivity index (χ3v) is 2.51. The van der Waals surface area contributed by atoms with E-state index < -0.39 is 0 Å². The zero-order valence-corrected chi connectivity index (χ0v) is 10.3. The average molecular weight is 220 g/mol. The van der Waals surface area contributed by atoms with Crippen LogP contribution in [0.3, 0.4) is 0 Å². The minimum absolute atomic E-state index is 0.00968. The fraction of sp³-hybridized carbons (Fsp3) is 0.462. The molecule has 0 aliphatic rings. The molecule has 1 aromatic rings. The molecule has 0 fully saturated rings. The summed E-state index contributed by atoms with van der Waals surface area (Å²) in [5.41, 5.74) is 1.35. The van der Waals surface area contributed by atoms with Gasteiger partial charge in [0.15, 0.2) is 0 Å². The molecular formula is C13H20N2O. The lowest BCUT2D eigenvalue weighted by atomic mass is 10.1. The summed E-state index contributed by atoms with van der Waals surface area (Å²) in [5.74, 6) is 0.652. The van der Waals surface area contributed by atoms with Gasteiger partial charge in [0.05, 0.1) is 5.56 Å². The molecule has 0 radical (unpaired) electrons. The number of hydrogen-bond donors (Lipinski definition) is 1. The number of rotatable bonds is 5. The average Bonchev–Trinajstić information content (AvgIpc) is 2.21. The van der Waals surface area contributed by atoms with Crippen LogP contribution in [0.2, 0.25) is 0 Å². The zero-order chi connectivity index (χ0) is 12.1. The van der Waals surface area contributed by atoms with Gasteiger partial charge in [-0.15, -0.1) is 0 Å². The molecule has 16 heavy (non-hydrogen) atoms. The van der Waals surface area contributed by atoms with Crippen molar-refractivity contribution in [2.24, 2.45) is 13.0 Å². The summed E-state index contributed by atoms with van der Waals surface area (Å²) in [6, 6.07) is 3.65. The molecule has 0 spiro atoms. The van der Waals surface area contributed by atoms with E-state index in [0.717, 1.165) is 13.0 Å². The van der Waals surface area contributed by atoms with Crippen molar-refractivity contribution < 1.29 is 0 Å². The van der Waals surface area contributed by atoms with Gasteiger partial charge < -0.3 is 9.88 Å². The van der Waals surface area contributed by atoms with Crippen molar-refractivity contribution in [3.8, 4) is 0 Å². The van der Waals surface area contributed by atoms with E-state index in [1.54, 1.807) is 23.9 Å². The van der Waals surface area contributed by atoms with Crippen LogP contribution >= 0.6 is 0 Å². The summed E-state index contributed by atoms with van der Waals surface area (Å²) in [4.78, 5) is 11.8. The molecule has 1 N–H and O–H groups in total. The molecule has 88 valence electrons. The monoisotopic (exact) mass is 220 g/mol. The number of aromatic nitrogens is 1. The van der Waals surface area contributed by atoms with Crippen molar-refractivity contribution in [3.63, 3.8) is 0 Å². The van der Waals surface area contributed by atoms with Crippen LogP contribution in [0.15, 0.2) is 29.7 Å². The van der Waals surface area contributed by atoms with Crippen molar-refractivity contribution in [1.29, 1.82) is 0 Å². The Hall–Kier alpha value is -1.51. The Kier molecular flexibility index (Phi) is 4.35. The van der Waals surface area contributed by atoms with E-state index in [9.17, 15) is 4.79 Å². The van der Waals surface area contributed by atoms with Crippen LogP contribution in [0.5, 0.6) is 0 Å². The lowest BCUT2D eigenvalue weighted by Crippen LogP contribution is -2.24. The van der Waals surface area contributed by atoms with Gasteiger partial charge in [-0.25, -0.2) is 0 Å². The molecule has 1 heterocycles. The molecule has 3 heteroatoms. The summed E-state index contributed by atoms with van der Waals surface area (Å²) in [5, 5.41) is 3.19. The Morgan fingerprint density at radius 1 is 1.56 bits per heavy atom. The first-order chi connectivity index (χ1) is 7.52. The molecule has 0 unspecified atom stereocenters. The quantitative estimate of drug-likeness (QED) is 0.823. The fourth-order valence-electron chi connectivity index (χ4n) is 1.43. The van der Waals surface area contributed by atoms with Crippen LogP contribution < -0.4 is 10.9 Å². The molecular weight excluding hydrogens is 200 g/mol. The number of hydrogen-bond acceptors (Lipinski definition) is 2. The van der Waals surface area contributed by atoms with Crippen LogP contribution in [-0.4, -0.2) is 11.1 Å². The lowest BCUT2D eigenvalue weighted by molar-refractivity contribution is 0.574. The molecule has 1 aromatic heterocycles. The molecule has 0 saturated heterocycles. The minimum Gasteiger partial charge on any atom is -0.385 e. The molecule has 0 atom stereocenters. The zero-order valence-electron chi connectivity index (χ0n) is 10.3. The first-order valence-corrected chi connectivity index (χ1v) is 5.61. The first kappa shape index (κ1) is 12.6. The fourth-order valence-corrected chi connectivity index (χ4v) is 1.43. The number of pyridine rings is 1. The maximum absolute atomic E-state index is 11.8. The lowest BCUT2D eigenvalue weighted by Gasteiger charge is -2.11. The highest BCUT2D eigenvalue weighted by molar-refractivity contribution is 5.60. The Labute approximate surface area is 96.8 Å². The van der Waals surface area contributed by atoms with Gasteiger partial charge in [0.25, 0.3) is 5.56 Å². The third kappa shape index (κ3) is 3.26. The maximum Gasteiger partial charge on any atom is 0.259 e. The van der Waals surface area contributed by atoms with Gasteiger partial charge in [-0.2, -0.15) is 0 Å². The van der Waals surface area contributed by atoms with Crippen LogP contribution in [0.4, 0.5) is 0 Å². The maximum atomic E-state index is 11.8. The Bertz CT molecular complexity index is 418. The van der Waals surface area contributed by atoms with Crippen LogP contribution in [0, 0.1) is 5.92 Å². The molecule has 0 aliphatic carbocycles. The summed E-state index contributed by atoms with van der Waals surface area (Å²) >= 11 is 0. The van der Waals surface area contributed by atoms with Crippen molar-refractivity contribution in [1.82, 2.24) is 9.88 Å². The highest BCUT2D eigenvalue weighted by atomic mass is 16.1. The second-order valence-electron chi connectivity index (χ2n) is 4.43. The molecule has 0 aromatic carbocycles.